The predicted molar refractivity (Wildman–Crippen MR) is 73.4 cm³/mol. The van der Waals surface area contributed by atoms with Crippen molar-refractivity contribution in [3.05, 3.63) is 42.5 Å². The molecule has 1 heterocycles. The molecule has 1 saturated heterocycles. The Bertz CT molecular complexity index is 521. The molecule has 0 amide bonds. The summed E-state index contributed by atoms with van der Waals surface area (Å²) < 4.78 is 0. The molecule has 0 radical (unpaired) electrons. The van der Waals surface area contributed by atoms with Gasteiger partial charge in [-0.25, -0.2) is 0 Å². The Hall–Kier alpha value is -1.54. The summed E-state index contributed by atoms with van der Waals surface area (Å²) in [7, 11) is 0. The molecule has 2 nitrogen and oxygen atoms in total. The third-order valence-electron chi connectivity index (χ3n) is 3.71. The van der Waals surface area contributed by atoms with Crippen LogP contribution < -0.4 is 10.6 Å². The Morgan fingerprint density at radius 2 is 1.94 bits per heavy atom. The highest BCUT2D eigenvalue weighted by Crippen LogP contribution is 2.28. The molecule has 0 aliphatic carbocycles. The fourth-order valence-corrected chi connectivity index (χ4v) is 2.78. The second-order valence-electron chi connectivity index (χ2n) is 4.76. The Morgan fingerprint density at radius 1 is 1.12 bits per heavy atom. The highest BCUT2D eigenvalue weighted by molar-refractivity contribution is 5.85. The number of anilines is 1. The normalized spacial score (nSPS) is 20.1. The van der Waals surface area contributed by atoms with Gasteiger partial charge in [-0.3, -0.25) is 0 Å². The topological polar surface area (TPSA) is 29.3 Å². The van der Waals surface area contributed by atoms with Crippen LogP contribution >= 0.6 is 0 Å². The Balaban J connectivity index is 2.00. The maximum atomic E-state index is 5.83. The van der Waals surface area contributed by atoms with E-state index in [1.807, 2.05) is 0 Å². The zero-order chi connectivity index (χ0) is 11.7. The van der Waals surface area contributed by atoms with Crippen molar-refractivity contribution in [1.29, 1.82) is 0 Å². The molecule has 1 aliphatic rings. The summed E-state index contributed by atoms with van der Waals surface area (Å²) in [6.45, 7) is 1.90. The summed E-state index contributed by atoms with van der Waals surface area (Å²) >= 11 is 0. The summed E-state index contributed by atoms with van der Waals surface area (Å²) in [5.41, 5.74) is 7.15. The SMILES string of the molecule is NCC1CCCN1c1ccc2ccccc2c1. The van der Waals surface area contributed by atoms with E-state index in [4.69, 9.17) is 5.73 Å². The van der Waals surface area contributed by atoms with Gasteiger partial charge in [-0.2, -0.15) is 0 Å². The first-order valence-corrected chi connectivity index (χ1v) is 6.34. The number of hydrogen-bond acceptors (Lipinski definition) is 2. The van der Waals surface area contributed by atoms with E-state index in [1.165, 1.54) is 29.3 Å². The molecule has 0 aromatic heterocycles. The van der Waals surface area contributed by atoms with Crippen molar-refractivity contribution in [1.82, 2.24) is 0 Å². The summed E-state index contributed by atoms with van der Waals surface area (Å²) in [4.78, 5) is 2.45. The van der Waals surface area contributed by atoms with Gasteiger partial charge in [0.2, 0.25) is 0 Å². The molecule has 0 saturated carbocycles. The number of rotatable bonds is 2. The monoisotopic (exact) mass is 226 g/mol. The minimum atomic E-state index is 0.524. The quantitative estimate of drug-likeness (QED) is 0.853. The van der Waals surface area contributed by atoms with E-state index in [9.17, 15) is 0 Å². The highest BCUT2D eigenvalue weighted by Gasteiger charge is 2.23. The van der Waals surface area contributed by atoms with Crippen LogP contribution in [-0.4, -0.2) is 19.1 Å². The van der Waals surface area contributed by atoms with Gasteiger partial charge < -0.3 is 10.6 Å². The van der Waals surface area contributed by atoms with E-state index in [-0.39, 0.29) is 0 Å². The van der Waals surface area contributed by atoms with Crippen LogP contribution in [0.3, 0.4) is 0 Å². The lowest BCUT2D eigenvalue weighted by molar-refractivity contribution is 0.677. The van der Waals surface area contributed by atoms with Crippen LogP contribution in [0.25, 0.3) is 10.8 Å². The van der Waals surface area contributed by atoms with Gasteiger partial charge >= 0.3 is 0 Å². The van der Waals surface area contributed by atoms with Gasteiger partial charge in [-0.1, -0.05) is 30.3 Å². The molecule has 17 heavy (non-hydrogen) atoms. The van der Waals surface area contributed by atoms with E-state index < -0.39 is 0 Å². The van der Waals surface area contributed by atoms with Crippen LogP contribution in [0.5, 0.6) is 0 Å². The fraction of sp³-hybridized carbons (Fsp3) is 0.333. The van der Waals surface area contributed by atoms with Crippen LogP contribution in [0.2, 0.25) is 0 Å². The third-order valence-corrected chi connectivity index (χ3v) is 3.71. The average molecular weight is 226 g/mol. The van der Waals surface area contributed by atoms with Crippen molar-refractivity contribution < 1.29 is 0 Å². The lowest BCUT2D eigenvalue weighted by atomic mass is 10.1. The zero-order valence-electron chi connectivity index (χ0n) is 9.97. The van der Waals surface area contributed by atoms with E-state index in [1.54, 1.807) is 0 Å². The molecular weight excluding hydrogens is 208 g/mol. The van der Waals surface area contributed by atoms with Gasteiger partial charge in [0.1, 0.15) is 0 Å². The van der Waals surface area contributed by atoms with E-state index in [2.05, 4.69) is 47.4 Å². The molecule has 2 aromatic carbocycles. The second-order valence-corrected chi connectivity index (χ2v) is 4.76. The molecule has 1 atom stereocenters. The van der Waals surface area contributed by atoms with E-state index >= 15 is 0 Å². The Labute approximate surface area is 102 Å². The average Bonchev–Trinajstić information content (AvgIpc) is 2.86. The first-order valence-electron chi connectivity index (χ1n) is 6.34. The van der Waals surface area contributed by atoms with E-state index in [0.717, 1.165) is 13.1 Å². The number of nitrogens with two attached hydrogens (primary N) is 1. The van der Waals surface area contributed by atoms with E-state index in [0.29, 0.717) is 6.04 Å². The molecule has 3 rings (SSSR count). The van der Waals surface area contributed by atoms with Crippen LogP contribution in [-0.2, 0) is 0 Å². The zero-order valence-corrected chi connectivity index (χ0v) is 9.97. The van der Waals surface area contributed by atoms with Crippen LogP contribution in [0.4, 0.5) is 5.69 Å². The fourth-order valence-electron chi connectivity index (χ4n) is 2.78. The maximum absolute atomic E-state index is 5.83. The molecule has 0 spiro atoms. The summed E-state index contributed by atoms with van der Waals surface area (Å²) in [6, 6.07) is 15.7. The highest BCUT2D eigenvalue weighted by atomic mass is 15.2. The Kier molecular flexibility index (Phi) is 2.73. The summed E-state index contributed by atoms with van der Waals surface area (Å²) in [6.07, 6.45) is 2.48. The van der Waals surface area contributed by atoms with Gasteiger partial charge in [0, 0.05) is 24.8 Å². The van der Waals surface area contributed by atoms with Gasteiger partial charge in [-0.15, -0.1) is 0 Å². The lowest BCUT2D eigenvalue weighted by Gasteiger charge is -2.26. The van der Waals surface area contributed by atoms with Gasteiger partial charge in [0.25, 0.3) is 0 Å². The van der Waals surface area contributed by atoms with Crippen molar-refractivity contribution >= 4 is 16.5 Å². The maximum Gasteiger partial charge on any atom is 0.0412 e. The Morgan fingerprint density at radius 3 is 2.76 bits per heavy atom. The van der Waals surface area contributed by atoms with Crippen LogP contribution in [0, 0.1) is 0 Å². The van der Waals surface area contributed by atoms with Gasteiger partial charge in [0.15, 0.2) is 0 Å². The van der Waals surface area contributed by atoms with Crippen molar-refractivity contribution in [3.8, 4) is 0 Å². The third kappa shape index (κ3) is 1.89. The lowest BCUT2D eigenvalue weighted by Crippen LogP contribution is -2.35. The summed E-state index contributed by atoms with van der Waals surface area (Å²) in [5.74, 6) is 0. The smallest absolute Gasteiger partial charge is 0.0412 e. The molecule has 1 aliphatic heterocycles. The number of hydrogen-bond donors (Lipinski definition) is 1. The molecule has 2 N–H and O–H groups in total. The first kappa shape index (κ1) is 10.6. The first-order chi connectivity index (χ1) is 8.38. The molecule has 88 valence electrons. The molecule has 2 heteroatoms. The number of benzene rings is 2. The number of nitrogens with zero attached hydrogens (tertiary/aromatic N) is 1. The molecule has 0 bridgehead atoms. The van der Waals surface area contributed by atoms with Crippen molar-refractivity contribution in [2.45, 2.75) is 18.9 Å². The van der Waals surface area contributed by atoms with Crippen molar-refractivity contribution in [3.63, 3.8) is 0 Å². The van der Waals surface area contributed by atoms with Crippen LogP contribution in [0.1, 0.15) is 12.8 Å². The minimum Gasteiger partial charge on any atom is -0.367 e. The van der Waals surface area contributed by atoms with Gasteiger partial charge in [0.05, 0.1) is 0 Å². The number of fused-ring (bicyclic) bond motifs is 1. The molecular formula is C15H18N2. The second kappa shape index (κ2) is 4.38. The largest absolute Gasteiger partial charge is 0.367 e. The van der Waals surface area contributed by atoms with Crippen molar-refractivity contribution in [2.24, 2.45) is 5.73 Å². The van der Waals surface area contributed by atoms with Crippen molar-refractivity contribution in [2.75, 3.05) is 18.0 Å². The van der Waals surface area contributed by atoms with Gasteiger partial charge in [-0.05, 0) is 35.7 Å². The molecule has 2 aromatic rings. The molecule has 1 fully saturated rings. The predicted octanol–water partition coefficient (Wildman–Crippen LogP) is 2.77. The summed E-state index contributed by atoms with van der Waals surface area (Å²) in [5, 5.41) is 2.62. The van der Waals surface area contributed by atoms with Crippen LogP contribution in [0.15, 0.2) is 42.5 Å². The minimum absolute atomic E-state index is 0.524. The molecule has 1 unspecified atom stereocenters. The standard InChI is InChI=1S/C15H18N2/c16-11-15-6-3-9-17(15)14-8-7-12-4-1-2-5-13(12)10-14/h1-2,4-5,7-8,10,15H,3,6,9,11,16H2.